The van der Waals surface area contributed by atoms with Crippen molar-refractivity contribution in [2.75, 3.05) is 23.7 Å². The molecule has 3 heterocycles. The van der Waals surface area contributed by atoms with Crippen LogP contribution < -0.4 is 10.6 Å². The highest BCUT2D eigenvalue weighted by molar-refractivity contribution is 5.56. The van der Waals surface area contributed by atoms with Crippen LogP contribution in [0, 0.1) is 39.0 Å². The van der Waals surface area contributed by atoms with Gasteiger partial charge in [-0.1, -0.05) is 0 Å². The van der Waals surface area contributed by atoms with E-state index < -0.39 is 0 Å². The maximum atomic E-state index is 9.43. The lowest BCUT2D eigenvalue weighted by molar-refractivity contribution is 0.730. The molecule has 0 amide bonds. The summed E-state index contributed by atoms with van der Waals surface area (Å²) >= 11 is 0. The average molecular weight is 407 g/mol. The highest BCUT2D eigenvalue weighted by Crippen LogP contribution is 2.18. The second-order valence-electron chi connectivity index (χ2n) is 7.60. The number of pyridine rings is 1. The summed E-state index contributed by atoms with van der Waals surface area (Å²) < 4.78 is 3.82. The Labute approximate surface area is 177 Å². The first kappa shape index (κ1) is 21.4. The van der Waals surface area contributed by atoms with E-state index in [9.17, 15) is 5.26 Å². The number of aryl methyl sites for hydroxylation is 4. The van der Waals surface area contributed by atoms with Gasteiger partial charge in [-0.3, -0.25) is 9.36 Å². The third-order valence-electron chi connectivity index (χ3n) is 5.68. The molecule has 8 heteroatoms. The highest BCUT2D eigenvalue weighted by Gasteiger charge is 2.11. The van der Waals surface area contributed by atoms with Gasteiger partial charge in [0.2, 0.25) is 0 Å². The number of anilines is 2. The Hall–Kier alpha value is -3.34. The summed E-state index contributed by atoms with van der Waals surface area (Å²) in [6.07, 6.45) is 1.70. The fourth-order valence-electron chi connectivity index (χ4n) is 3.76. The molecule has 0 fully saturated rings. The predicted molar refractivity (Wildman–Crippen MR) is 119 cm³/mol. The Kier molecular flexibility index (Phi) is 6.40. The van der Waals surface area contributed by atoms with Crippen LogP contribution >= 0.6 is 0 Å². The SMILES string of the molecule is Cc1nn(C)c(C)c1CCNc1ccc(C#N)c(NCCc2c(C)nn(C)c2C)n1. The van der Waals surface area contributed by atoms with E-state index in [0.717, 1.165) is 36.6 Å². The van der Waals surface area contributed by atoms with Crippen molar-refractivity contribution < 1.29 is 0 Å². The summed E-state index contributed by atoms with van der Waals surface area (Å²) in [5, 5.41) is 25.1. The lowest BCUT2D eigenvalue weighted by Crippen LogP contribution is -2.12. The van der Waals surface area contributed by atoms with E-state index in [1.807, 2.05) is 43.4 Å². The van der Waals surface area contributed by atoms with Crippen LogP contribution in [-0.4, -0.2) is 37.6 Å². The molecule has 0 spiro atoms. The molecular formula is C22H30N8. The van der Waals surface area contributed by atoms with Crippen LogP contribution in [0.3, 0.4) is 0 Å². The molecule has 8 nitrogen and oxygen atoms in total. The Morgan fingerprint density at radius 3 is 1.87 bits per heavy atom. The first-order chi connectivity index (χ1) is 14.3. The van der Waals surface area contributed by atoms with E-state index in [-0.39, 0.29) is 0 Å². The fourth-order valence-corrected chi connectivity index (χ4v) is 3.76. The molecule has 0 saturated heterocycles. The van der Waals surface area contributed by atoms with Gasteiger partial charge in [-0.2, -0.15) is 15.5 Å². The van der Waals surface area contributed by atoms with Crippen molar-refractivity contribution in [3.63, 3.8) is 0 Å². The van der Waals surface area contributed by atoms with Crippen molar-refractivity contribution >= 4 is 11.6 Å². The third kappa shape index (κ3) is 4.46. The number of hydrogen-bond donors (Lipinski definition) is 2. The van der Waals surface area contributed by atoms with E-state index in [1.54, 1.807) is 6.07 Å². The topological polar surface area (TPSA) is 96.4 Å². The molecule has 0 aliphatic heterocycles. The molecule has 0 aliphatic rings. The van der Waals surface area contributed by atoms with Gasteiger partial charge in [-0.25, -0.2) is 4.98 Å². The number of nitriles is 1. The highest BCUT2D eigenvalue weighted by atomic mass is 15.3. The molecule has 0 radical (unpaired) electrons. The number of hydrogen-bond acceptors (Lipinski definition) is 6. The van der Waals surface area contributed by atoms with Gasteiger partial charge in [0, 0.05) is 38.6 Å². The molecule has 30 heavy (non-hydrogen) atoms. The molecule has 2 N–H and O–H groups in total. The van der Waals surface area contributed by atoms with Gasteiger partial charge >= 0.3 is 0 Å². The molecule has 158 valence electrons. The van der Waals surface area contributed by atoms with Crippen molar-refractivity contribution in [3.8, 4) is 6.07 Å². The van der Waals surface area contributed by atoms with Crippen LogP contribution in [0.1, 0.15) is 39.5 Å². The van der Waals surface area contributed by atoms with Crippen molar-refractivity contribution in [1.29, 1.82) is 5.26 Å². The predicted octanol–water partition coefficient (Wildman–Crippen LogP) is 2.96. The van der Waals surface area contributed by atoms with Crippen molar-refractivity contribution in [2.45, 2.75) is 40.5 Å². The van der Waals surface area contributed by atoms with Gasteiger partial charge in [-0.15, -0.1) is 0 Å². The normalized spacial score (nSPS) is 10.8. The molecule has 3 rings (SSSR count). The third-order valence-corrected chi connectivity index (χ3v) is 5.68. The maximum absolute atomic E-state index is 9.43. The summed E-state index contributed by atoms with van der Waals surface area (Å²) in [7, 11) is 3.92. The van der Waals surface area contributed by atoms with Crippen LogP contribution in [0.2, 0.25) is 0 Å². The van der Waals surface area contributed by atoms with Gasteiger partial charge < -0.3 is 10.6 Å². The molecule has 0 aromatic carbocycles. The van der Waals surface area contributed by atoms with Gasteiger partial charge in [0.15, 0.2) is 0 Å². The molecule has 0 atom stereocenters. The summed E-state index contributed by atoms with van der Waals surface area (Å²) in [4.78, 5) is 4.62. The monoisotopic (exact) mass is 406 g/mol. The minimum atomic E-state index is 0.541. The van der Waals surface area contributed by atoms with E-state index in [4.69, 9.17) is 0 Å². The Balaban J connectivity index is 1.62. The van der Waals surface area contributed by atoms with E-state index >= 15 is 0 Å². The molecule has 0 saturated carbocycles. The number of rotatable bonds is 8. The Bertz CT molecular complexity index is 1080. The second-order valence-corrected chi connectivity index (χ2v) is 7.60. The first-order valence-corrected chi connectivity index (χ1v) is 10.2. The zero-order chi connectivity index (χ0) is 21.8. The van der Waals surface area contributed by atoms with E-state index in [2.05, 4.69) is 45.7 Å². The molecule has 0 aliphatic carbocycles. The molecular weight excluding hydrogens is 376 g/mol. The summed E-state index contributed by atoms with van der Waals surface area (Å²) in [5.41, 5.74) is 7.50. The minimum absolute atomic E-state index is 0.541. The largest absolute Gasteiger partial charge is 0.370 e. The van der Waals surface area contributed by atoms with Crippen LogP contribution in [0.4, 0.5) is 11.6 Å². The van der Waals surface area contributed by atoms with Crippen LogP contribution in [0.15, 0.2) is 12.1 Å². The summed E-state index contributed by atoms with van der Waals surface area (Å²) in [6, 6.07) is 5.87. The zero-order valence-corrected chi connectivity index (χ0v) is 18.7. The standard InChI is InChI=1S/C22H30N8/c1-14-19(16(3)29(5)27-14)9-11-24-21-8-7-18(13-23)22(26-21)25-12-10-20-15(2)28-30(6)17(20)4/h7-8H,9-12H2,1-6H3,(H2,24,25,26). The number of nitrogens with one attached hydrogen (secondary N) is 2. The number of aromatic nitrogens is 5. The van der Waals surface area contributed by atoms with E-state index in [0.29, 0.717) is 17.9 Å². The van der Waals surface area contributed by atoms with Gasteiger partial charge in [0.05, 0.1) is 17.0 Å². The Morgan fingerprint density at radius 2 is 1.40 bits per heavy atom. The molecule has 0 bridgehead atoms. The lowest BCUT2D eigenvalue weighted by Gasteiger charge is -2.11. The first-order valence-electron chi connectivity index (χ1n) is 10.2. The quantitative estimate of drug-likeness (QED) is 0.597. The van der Waals surface area contributed by atoms with Crippen molar-refractivity contribution in [1.82, 2.24) is 24.5 Å². The van der Waals surface area contributed by atoms with Crippen LogP contribution in [0.5, 0.6) is 0 Å². The lowest BCUT2D eigenvalue weighted by atomic mass is 10.1. The minimum Gasteiger partial charge on any atom is -0.370 e. The second kappa shape index (κ2) is 8.99. The molecule has 0 unspecified atom stereocenters. The van der Waals surface area contributed by atoms with Crippen LogP contribution in [0.25, 0.3) is 0 Å². The van der Waals surface area contributed by atoms with Gasteiger partial charge in [-0.05, 0) is 63.8 Å². The van der Waals surface area contributed by atoms with Crippen molar-refractivity contribution in [3.05, 3.63) is 51.6 Å². The number of nitrogens with zero attached hydrogens (tertiary/aromatic N) is 6. The molecule has 3 aromatic rings. The van der Waals surface area contributed by atoms with Crippen LogP contribution in [-0.2, 0) is 26.9 Å². The van der Waals surface area contributed by atoms with Gasteiger partial charge in [0.1, 0.15) is 17.7 Å². The summed E-state index contributed by atoms with van der Waals surface area (Å²) in [6.45, 7) is 9.66. The van der Waals surface area contributed by atoms with E-state index in [1.165, 1.54) is 22.5 Å². The maximum Gasteiger partial charge on any atom is 0.146 e. The zero-order valence-electron chi connectivity index (χ0n) is 18.7. The fraction of sp³-hybridized carbons (Fsp3) is 0.455. The summed E-state index contributed by atoms with van der Waals surface area (Å²) in [5.74, 6) is 1.36. The van der Waals surface area contributed by atoms with Gasteiger partial charge in [0.25, 0.3) is 0 Å². The Morgan fingerprint density at radius 1 is 0.867 bits per heavy atom. The smallest absolute Gasteiger partial charge is 0.146 e. The average Bonchev–Trinajstić information content (AvgIpc) is 3.10. The van der Waals surface area contributed by atoms with Crippen molar-refractivity contribution in [2.24, 2.45) is 14.1 Å². The molecule has 3 aromatic heterocycles.